The van der Waals surface area contributed by atoms with E-state index in [0.29, 0.717) is 0 Å². The lowest BCUT2D eigenvalue weighted by Gasteiger charge is -2.20. The monoisotopic (exact) mass is 236 g/mol. The summed E-state index contributed by atoms with van der Waals surface area (Å²) in [4.78, 5) is 2.41. The molecule has 0 radical (unpaired) electrons. The number of hydrogen-bond donors (Lipinski definition) is 1. The van der Waals surface area contributed by atoms with Crippen LogP contribution in [0.15, 0.2) is 24.3 Å². The number of anilines is 1. The second-order valence-electron chi connectivity index (χ2n) is 4.16. The van der Waals surface area contributed by atoms with Crippen LogP contribution in [0.2, 0.25) is 0 Å². The summed E-state index contributed by atoms with van der Waals surface area (Å²) < 4.78 is 5.35. The molecule has 0 aliphatic rings. The van der Waals surface area contributed by atoms with E-state index in [1.165, 1.54) is 5.56 Å². The van der Waals surface area contributed by atoms with Crippen molar-refractivity contribution < 1.29 is 4.74 Å². The maximum atomic E-state index is 5.78. The topological polar surface area (TPSA) is 38.5 Å². The van der Waals surface area contributed by atoms with Gasteiger partial charge >= 0.3 is 0 Å². The van der Waals surface area contributed by atoms with Gasteiger partial charge in [0.25, 0.3) is 0 Å². The molecule has 1 aromatic rings. The number of benzene rings is 1. The first-order valence-corrected chi connectivity index (χ1v) is 6.40. The highest BCUT2D eigenvalue weighted by Crippen LogP contribution is 2.09. The molecule has 0 aromatic heterocycles. The van der Waals surface area contributed by atoms with Crippen LogP contribution in [0.4, 0.5) is 5.69 Å². The predicted octanol–water partition coefficient (Wildman–Crippen LogP) is 2.52. The van der Waals surface area contributed by atoms with E-state index in [9.17, 15) is 0 Å². The van der Waals surface area contributed by atoms with E-state index < -0.39 is 0 Å². The van der Waals surface area contributed by atoms with E-state index >= 15 is 0 Å². The summed E-state index contributed by atoms with van der Waals surface area (Å²) in [6.45, 7) is 8.97. The quantitative estimate of drug-likeness (QED) is 0.557. The van der Waals surface area contributed by atoms with Gasteiger partial charge in [-0.15, -0.1) is 0 Å². The smallest absolute Gasteiger partial charge is 0.0478 e. The van der Waals surface area contributed by atoms with Crippen molar-refractivity contribution in [1.82, 2.24) is 4.90 Å². The Morgan fingerprint density at radius 2 is 2.12 bits per heavy atom. The van der Waals surface area contributed by atoms with Gasteiger partial charge in [-0.2, -0.15) is 0 Å². The van der Waals surface area contributed by atoms with Crippen molar-refractivity contribution in [1.29, 1.82) is 0 Å². The second-order valence-corrected chi connectivity index (χ2v) is 4.16. The highest BCUT2D eigenvalue weighted by atomic mass is 16.5. The molecule has 3 nitrogen and oxygen atoms in total. The molecule has 0 fully saturated rings. The summed E-state index contributed by atoms with van der Waals surface area (Å²) in [7, 11) is 0. The molecule has 0 saturated heterocycles. The van der Waals surface area contributed by atoms with Gasteiger partial charge in [0.1, 0.15) is 0 Å². The van der Waals surface area contributed by atoms with E-state index in [2.05, 4.69) is 17.9 Å². The van der Waals surface area contributed by atoms with Crippen LogP contribution in [0.25, 0.3) is 0 Å². The summed E-state index contributed by atoms with van der Waals surface area (Å²) in [6.07, 6.45) is 1.09. The van der Waals surface area contributed by atoms with Gasteiger partial charge in [-0.25, -0.2) is 0 Å². The average Bonchev–Trinajstić information content (AvgIpc) is 2.33. The largest absolute Gasteiger partial charge is 0.399 e. The van der Waals surface area contributed by atoms with Crippen molar-refractivity contribution in [3.63, 3.8) is 0 Å². The summed E-state index contributed by atoms with van der Waals surface area (Å²) >= 11 is 0. The van der Waals surface area contributed by atoms with Gasteiger partial charge in [0.2, 0.25) is 0 Å². The molecule has 0 bridgehead atoms. The third kappa shape index (κ3) is 5.71. The lowest BCUT2D eigenvalue weighted by molar-refractivity contribution is 0.131. The van der Waals surface area contributed by atoms with Crippen LogP contribution in [-0.4, -0.2) is 31.2 Å². The molecule has 0 atom stereocenters. The van der Waals surface area contributed by atoms with E-state index in [4.69, 9.17) is 10.5 Å². The van der Waals surface area contributed by atoms with Crippen molar-refractivity contribution in [2.24, 2.45) is 0 Å². The van der Waals surface area contributed by atoms with Crippen LogP contribution in [0.1, 0.15) is 25.8 Å². The van der Waals surface area contributed by atoms with Gasteiger partial charge in [0, 0.05) is 32.0 Å². The Kier molecular flexibility index (Phi) is 6.67. The Morgan fingerprint density at radius 1 is 1.29 bits per heavy atom. The first-order valence-electron chi connectivity index (χ1n) is 6.40. The molecule has 0 saturated carbocycles. The van der Waals surface area contributed by atoms with E-state index in [0.717, 1.165) is 45.0 Å². The fraction of sp³-hybridized carbons (Fsp3) is 0.571. The standard InChI is InChI=1S/C14H24N2O/c1-3-16(9-6-10-17-4-2)12-13-7-5-8-14(15)11-13/h5,7-8,11H,3-4,6,9-10,12,15H2,1-2H3. The van der Waals surface area contributed by atoms with Crippen LogP contribution >= 0.6 is 0 Å². The summed E-state index contributed by atoms with van der Waals surface area (Å²) in [6, 6.07) is 8.11. The summed E-state index contributed by atoms with van der Waals surface area (Å²) in [5.41, 5.74) is 7.90. The lowest BCUT2D eigenvalue weighted by Crippen LogP contribution is -2.25. The van der Waals surface area contributed by atoms with Gasteiger partial charge in [-0.1, -0.05) is 19.1 Å². The van der Waals surface area contributed by atoms with Crippen LogP contribution in [-0.2, 0) is 11.3 Å². The Bertz CT molecular complexity index is 315. The minimum atomic E-state index is 0.807. The lowest BCUT2D eigenvalue weighted by atomic mass is 10.2. The van der Waals surface area contributed by atoms with Crippen molar-refractivity contribution in [3.05, 3.63) is 29.8 Å². The molecule has 0 unspecified atom stereocenters. The van der Waals surface area contributed by atoms with Crippen LogP contribution < -0.4 is 5.73 Å². The molecule has 0 heterocycles. The minimum Gasteiger partial charge on any atom is -0.399 e. The van der Waals surface area contributed by atoms with E-state index in [-0.39, 0.29) is 0 Å². The number of nitrogens with two attached hydrogens (primary N) is 1. The first kappa shape index (κ1) is 14.0. The average molecular weight is 236 g/mol. The molecule has 0 spiro atoms. The Hall–Kier alpha value is -1.06. The Morgan fingerprint density at radius 3 is 2.76 bits per heavy atom. The zero-order valence-corrected chi connectivity index (χ0v) is 11.0. The zero-order valence-electron chi connectivity index (χ0n) is 11.0. The van der Waals surface area contributed by atoms with E-state index in [1.54, 1.807) is 0 Å². The molecular weight excluding hydrogens is 212 g/mol. The molecule has 0 aliphatic carbocycles. The normalized spacial score (nSPS) is 11.0. The Balaban J connectivity index is 2.35. The highest BCUT2D eigenvalue weighted by molar-refractivity contribution is 5.40. The molecule has 0 amide bonds. The van der Waals surface area contributed by atoms with Crippen molar-refractivity contribution in [2.45, 2.75) is 26.8 Å². The van der Waals surface area contributed by atoms with Crippen LogP contribution in [0.5, 0.6) is 0 Å². The van der Waals surface area contributed by atoms with Crippen molar-refractivity contribution >= 4 is 5.69 Å². The molecule has 1 rings (SSSR count). The third-order valence-electron chi connectivity index (χ3n) is 2.77. The number of rotatable bonds is 8. The van der Waals surface area contributed by atoms with E-state index in [1.807, 2.05) is 25.1 Å². The first-order chi connectivity index (χ1) is 8.26. The van der Waals surface area contributed by atoms with Gasteiger partial charge in [-0.05, 0) is 37.6 Å². The number of nitrogen functional groups attached to an aromatic ring is 1. The third-order valence-corrected chi connectivity index (χ3v) is 2.77. The molecule has 2 N–H and O–H groups in total. The Labute approximate surface area is 105 Å². The van der Waals surface area contributed by atoms with Crippen molar-refractivity contribution in [2.75, 3.05) is 32.0 Å². The number of nitrogens with zero attached hydrogens (tertiary/aromatic N) is 1. The molecule has 96 valence electrons. The van der Waals surface area contributed by atoms with Gasteiger partial charge in [-0.3, -0.25) is 4.90 Å². The van der Waals surface area contributed by atoms with Gasteiger partial charge < -0.3 is 10.5 Å². The number of hydrogen-bond acceptors (Lipinski definition) is 3. The fourth-order valence-corrected chi connectivity index (χ4v) is 1.83. The SMILES string of the molecule is CCOCCCN(CC)Cc1cccc(N)c1. The maximum absolute atomic E-state index is 5.78. The van der Waals surface area contributed by atoms with Crippen LogP contribution in [0.3, 0.4) is 0 Å². The van der Waals surface area contributed by atoms with Gasteiger partial charge in [0.05, 0.1) is 0 Å². The summed E-state index contributed by atoms with van der Waals surface area (Å²) in [5, 5.41) is 0. The fourth-order valence-electron chi connectivity index (χ4n) is 1.83. The minimum absolute atomic E-state index is 0.807. The maximum Gasteiger partial charge on any atom is 0.0478 e. The molecule has 17 heavy (non-hydrogen) atoms. The zero-order chi connectivity index (χ0) is 12.5. The number of ether oxygens (including phenoxy) is 1. The second kappa shape index (κ2) is 8.09. The highest BCUT2D eigenvalue weighted by Gasteiger charge is 2.03. The van der Waals surface area contributed by atoms with Crippen molar-refractivity contribution in [3.8, 4) is 0 Å². The molecule has 1 aromatic carbocycles. The van der Waals surface area contributed by atoms with Gasteiger partial charge in [0.15, 0.2) is 0 Å². The molecule has 0 aliphatic heterocycles. The molecule has 3 heteroatoms. The molecular formula is C14H24N2O. The van der Waals surface area contributed by atoms with Crippen LogP contribution in [0, 0.1) is 0 Å². The predicted molar refractivity (Wildman–Crippen MR) is 72.9 cm³/mol. The summed E-state index contributed by atoms with van der Waals surface area (Å²) in [5.74, 6) is 0.